The number of para-hydroxylation sites is 1. The Kier molecular flexibility index (Phi) is 25.9. The van der Waals surface area contributed by atoms with Crippen LogP contribution in [-0.4, -0.2) is 193 Å². The van der Waals surface area contributed by atoms with Crippen molar-refractivity contribution in [3.8, 4) is 5.75 Å². The second-order valence-electron chi connectivity index (χ2n) is 22.4. The largest absolute Gasteiger partial charge is 0.508 e. The summed E-state index contributed by atoms with van der Waals surface area (Å²) in [6.45, 7) is 4.63. The van der Waals surface area contributed by atoms with Gasteiger partial charge in [-0.1, -0.05) is 74.5 Å². The molecule has 1 aliphatic rings. The number of nitrogens with zero attached hydrogens (tertiary/aromatic N) is 4. The Bertz CT molecular complexity index is 3190. The Morgan fingerprint density at radius 2 is 1.35 bits per heavy atom. The monoisotopic (exact) mass is 1240 g/mol. The van der Waals surface area contributed by atoms with E-state index in [1.54, 1.807) is 50.4 Å². The van der Waals surface area contributed by atoms with E-state index in [4.69, 9.17) is 28.8 Å². The average molecular weight is 1240 g/mol. The van der Waals surface area contributed by atoms with Gasteiger partial charge in [-0.3, -0.25) is 62.7 Å². The number of aromatic hydroxyl groups is 1. The Morgan fingerprint density at radius 3 is 1.97 bits per heavy atom. The van der Waals surface area contributed by atoms with Crippen LogP contribution in [0, 0.1) is 5.92 Å². The Morgan fingerprint density at radius 1 is 0.719 bits per heavy atom. The van der Waals surface area contributed by atoms with E-state index in [2.05, 4.69) is 41.9 Å². The number of benzene rings is 3. The number of aliphatic imine (C=N–C) groups is 1. The number of carbonyl (C=O) groups excluding carboxylic acids is 11. The topological polar surface area (TPSA) is 489 Å². The first-order valence-electron chi connectivity index (χ1n) is 28.8. The lowest BCUT2D eigenvalue weighted by Gasteiger charge is -2.32. The van der Waals surface area contributed by atoms with Crippen molar-refractivity contribution >= 4 is 81.8 Å². The molecule has 1 aliphatic heterocycles. The number of nitrogens with two attached hydrogens (primary N) is 5. The number of aromatic amines is 1. The van der Waals surface area contributed by atoms with Gasteiger partial charge in [0.05, 0.1) is 18.6 Å². The fourth-order valence-electron chi connectivity index (χ4n) is 10.2. The molecule has 5 rings (SSSR count). The summed E-state index contributed by atoms with van der Waals surface area (Å²) in [5.74, 6) is -4.48. The maximum Gasteiger partial charge on any atom is 0.259 e. The summed E-state index contributed by atoms with van der Waals surface area (Å²) in [4.78, 5) is 160. The first kappa shape index (κ1) is 70.1. The van der Waals surface area contributed by atoms with Gasteiger partial charge in [0.15, 0.2) is 5.96 Å². The van der Waals surface area contributed by atoms with Crippen LogP contribution in [0.2, 0.25) is 0 Å². The van der Waals surface area contributed by atoms with E-state index in [-0.39, 0.29) is 75.7 Å². The smallest absolute Gasteiger partial charge is 0.259 e. The molecule has 1 fully saturated rings. The van der Waals surface area contributed by atoms with E-state index in [0.717, 1.165) is 27.6 Å². The normalized spacial score (nSPS) is 16.4. The highest BCUT2D eigenvalue weighted by molar-refractivity contribution is 5.99. The maximum absolute atomic E-state index is 14.5. The zero-order valence-electron chi connectivity index (χ0n) is 50.2. The van der Waals surface area contributed by atoms with Crippen molar-refractivity contribution in [2.24, 2.45) is 39.7 Å². The summed E-state index contributed by atoms with van der Waals surface area (Å²) in [5.41, 5.74) is 24.8. The van der Waals surface area contributed by atoms with Crippen LogP contribution in [0.1, 0.15) is 76.5 Å². The number of likely N-dealkylation sites (tertiary alicyclic amines) is 1. The van der Waals surface area contributed by atoms with E-state index in [9.17, 15) is 68.1 Å². The number of aliphatic hydroxyl groups is 2. The molecule has 1 saturated heterocycles. The number of aliphatic hydroxyl groups excluding tert-OH is 2. The summed E-state index contributed by atoms with van der Waals surface area (Å²) in [5, 5.41) is 47.6. The van der Waals surface area contributed by atoms with Gasteiger partial charge >= 0.3 is 0 Å². The lowest BCUT2D eigenvalue weighted by atomic mass is 10.00. The predicted molar refractivity (Wildman–Crippen MR) is 324 cm³/mol. The van der Waals surface area contributed by atoms with E-state index >= 15 is 0 Å². The molecule has 30 heteroatoms. The molecule has 0 radical (unpaired) electrons. The van der Waals surface area contributed by atoms with Gasteiger partial charge in [0.25, 0.3) is 5.91 Å². The lowest BCUT2D eigenvalue weighted by molar-refractivity contribution is -0.144. The fraction of sp³-hybridized carbons (Fsp3) is 0.458. The number of rotatable bonds is 32. The minimum Gasteiger partial charge on any atom is -0.508 e. The molecule has 482 valence electrons. The second-order valence-corrected chi connectivity index (χ2v) is 22.4. The van der Waals surface area contributed by atoms with Crippen LogP contribution >= 0.6 is 0 Å². The molecule has 4 aromatic rings. The van der Waals surface area contributed by atoms with Gasteiger partial charge in [-0.25, -0.2) is 5.84 Å². The van der Waals surface area contributed by atoms with Crippen LogP contribution in [0.4, 0.5) is 0 Å². The lowest BCUT2D eigenvalue weighted by Crippen LogP contribution is -2.62. The van der Waals surface area contributed by atoms with Crippen LogP contribution in [-0.2, 0) is 72.0 Å². The van der Waals surface area contributed by atoms with Gasteiger partial charge in [-0.15, -0.1) is 0 Å². The molecule has 20 N–H and O–H groups in total. The van der Waals surface area contributed by atoms with E-state index in [1.807, 2.05) is 24.3 Å². The van der Waals surface area contributed by atoms with Crippen molar-refractivity contribution in [1.29, 1.82) is 0 Å². The summed E-state index contributed by atoms with van der Waals surface area (Å²) in [6.07, 6.45) is -2.64. The number of β-amino-alcohol motifs (C(OH)–C–C–N with tert-alkyl or cyclic N) is 1. The summed E-state index contributed by atoms with van der Waals surface area (Å²) in [6, 6.07) is 9.40. The van der Waals surface area contributed by atoms with Crippen molar-refractivity contribution < 1.29 is 68.1 Å². The van der Waals surface area contributed by atoms with Gasteiger partial charge in [-0.05, 0) is 67.0 Å². The summed E-state index contributed by atoms with van der Waals surface area (Å²) in [7, 11) is 1.34. The first-order chi connectivity index (χ1) is 42.0. The molecule has 0 spiro atoms. The van der Waals surface area contributed by atoms with Crippen LogP contribution in [0.25, 0.3) is 10.9 Å². The first-order valence-corrected chi connectivity index (χ1v) is 28.8. The summed E-state index contributed by atoms with van der Waals surface area (Å²) < 4.78 is 0. The third-order valence-corrected chi connectivity index (χ3v) is 14.7. The number of hydrazine groups is 1. The average Bonchev–Trinajstić information content (AvgIpc) is 1.98. The second kappa shape index (κ2) is 32.9. The van der Waals surface area contributed by atoms with Crippen LogP contribution in [0.3, 0.4) is 0 Å². The fourth-order valence-corrected chi connectivity index (χ4v) is 10.2. The van der Waals surface area contributed by atoms with Gasteiger partial charge in [0.2, 0.25) is 59.1 Å². The highest BCUT2D eigenvalue weighted by atomic mass is 16.3. The molecule has 0 aliphatic carbocycles. The highest BCUT2D eigenvalue weighted by Gasteiger charge is 2.43. The van der Waals surface area contributed by atoms with E-state index < -0.39 is 138 Å². The van der Waals surface area contributed by atoms with Crippen molar-refractivity contribution in [3.05, 3.63) is 102 Å². The molecular weight excluding hydrogens is 1160 g/mol. The van der Waals surface area contributed by atoms with Gasteiger partial charge in [-0.2, -0.15) is 0 Å². The van der Waals surface area contributed by atoms with Crippen LogP contribution in [0.5, 0.6) is 5.75 Å². The number of fused-ring (bicyclic) bond motifs is 1. The molecule has 3 aromatic carbocycles. The van der Waals surface area contributed by atoms with Gasteiger partial charge < -0.3 is 84.9 Å². The van der Waals surface area contributed by atoms with Gasteiger partial charge in [0, 0.05) is 69.8 Å². The third-order valence-electron chi connectivity index (χ3n) is 14.7. The summed E-state index contributed by atoms with van der Waals surface area (Å²) >= 11 is 0. The van der Waals surface area contributed by atoms with Crippen molar-refractivity contribution in [1.82, 2.24) is 51.7 Å². The van der Waals surface area contributed by atoms with Gasteiger partial charge in [0.1, 0.15) is 60.6 Å². The standard InChI is InChI=1S/C59H82N16O14/c1-31(2)22-43(56(87)73(5)46(16-11-21-65-59(62)63)53(84)69-41(51(61)82)25-36-28-66-40-15-10-9-14-39(36)40)68-49(81)30-75(64)58(89)45(23-34-12-7-6-8-13-34)71-55(86)50(32(3)76)72-52(83)42(27-48(60)80)70-54(85)47-26-38(79)29-74(47)57(88)44(67-33(4)77)24-35-17-19-37(78)20-18-35/h6-10,12-15,17-20,28,31-32,38,41-47,50,66,76,78-79H,11,16,21-27,29-30,64H2,1-5H3,(H2,60,80)(H2,61,82)(H,67,77)(H,68,81)(H,69,84)(H,70,85)(H,71,86)(H,72,83)(H4,62,63,65)/t32-,38-,41+,42+,43+,44+,45+,46+,47+,50+/m1/s1. The zero-order chi connectivity index (χ0) is 65.8. The number of aromatic nitrogens is 1. The number of hydrogen-bond donors (Lipinski definition) is 15. The molecule has 89 heavy (non-hydrogen) atoms. The molecule has 10 atom stereocenters. The number of hydrogen-bond acceptors (Lipinski definition) is 16. The Balaban J connectivity index is 1.31. The Labute approximate surface area is 513 Å². The maximum atomic E-state index is 14.5. The highest BCUT2D eigenvalue weighted by Crippen LogP contribution is 2.23. The van der Waals surface area contributed by atoms with Crippen molar-refractivity contribution in [2.75, 3.05) is 26.7 Å². The van der Waals surface area contributed by atoms with Crippen molar-refractivity contribution in [3.63, 3.8) is 0 Å². The number of H-pyrrole nitrogens is 1. The number of carbonyl (C=O) groups is 11. The van der Waals surface area contributed by atoms with Crippen molar-refractivity contribution in [2.45, 2.75) is 140 Å². The number of phenolic OH excluding ortho intramolecular Hbond substituents is 1. The molecule has 1 aromatic heterocycles. The minimum absolute atomic E-state index is 0.00790. The molecule has 30 nitrogen and oxygen atoms in total. The van der Waals surface area contributed by atoms with Crippen LogP contribution in [0.15, 0.2) is 90.1 Å². The molecule has 0 bridgehead atoms. The van der Waals surface area contributed by atoms with E-state index in [0.29, 0.717) is 21.7 Å². The molecule has 0 saturated carbocycles. The number of nitrogens with one attached hydrogen (secondary N) is 7. The number of guanidine groups is 1. The molecule has 11 amide bonds. The number of likely N-dealkylation sites (N-methyl/N-ethyl adjacent to an activating group) is 1. The minimum atomic E-state index is -1.92. The number of primary amides is 2. The molecular formula is C59H82N16O14. The number of phenols is 1. The third kappa shape index (κ3) is 21.0. The number of amides is 11. The molecule has 0 unspecified atom stereocenters. The SMILES string of the molecule is CC(=O)N[C@@H](Cc1ccc(O)cc1)C(=O)N1C[C@H](O)C[C@H]1C(=O)N[C@@H](CC(N)=O)C(=O)N[C@H](C(=O)N[C@@H](Cc1ccccc1)C(=O)N(N)CC(=O)N[C@@H](CC(C)C)C(=O)N(C)[C@@H](CCCN=C(N)N)C(=O)N[C@@H](Cc1c[nH]c2ccccc12)C(N)=O)[C@@H](C)O. The quantitative estimate of drug-likeness (QED) is 0.00556. The predicted octanol–water partition coefficient (Wildman–Crippen LogP) is -3.84. The Hall–Kier alpha value is -9.68. The van der Waals surface area contributed by atoms with E-state index in [1.165, 1.54) is 38.2 Å². The van der Waals surface area contributed by atoms with Crippen LogP contribution < -0.4 is 60.7 Å². The molecule has 2 heterocycles. The zero-order valence-corrected chi connectivity index (χ0v) is 50.2.